The maximum atomic E-state index is 12.3. The van der Waals surface area contributed by atoms with Crippen LogP contribution in [0.15, 0.2) is 51.4 Å². The van der Waals surface area contributed by atoms with Gasteiger partial charge in [-0.15, -0.1) is 0 Å². The lowest BCUT2D eigenvalue weighted by Crippen LogP contribution is -2.14. The molecule has 1 heterocycles. The Hall–Kier alpha value is -2.40. The third kappa shape index (κ3) is 3.66. The van der Waals surface area contributed by atoms with Gasteiger partial charge in [-0.1, -0.05) is 47.1 Å². The van der Waals surface area contributed by atoms with E-state index in [4.69, 9.17) is 9.15 Å². The SMILES string of the molecule is CCc1ccc(C(=O)COC(=O)c2oc3ccc(Br)cc3c2C)cc1. The topological polar surface area (TPSA) is 56.5 Å². The molecule has 3 aromatic rings. The first-order valence-corrected chi connectivity index (χ1v) is 8.76. The van der Waals surface area contributed by atoms with Crippen molar-refractivity contribution in [2.45, 2.75) is 20.3 Å². The highest BCUT2D eigenvalue weighted by Crippen LogP contribution is 2.28. The van der Waals surface area contributed by atoms with Crippen molar-refractivity contribution in [1.29, 1.82) is 0 Å². The number of ether oxygens (including phenoxy) is 1. The summed E-state index contributed by atoms with van der Waals surface area (Å²) in [7, 11) is 0. The number of rotatable bonds is 5. The van der Waals surface area contributed by atoms with Crippen molar-refractivity contribution < 1.29 is 18.7 Å². The number of esters is 1. The first kappa shape index (κ1) is 17.4. The van der Waals surface area contributed by atoms with Gasteiger partial charge in [-0.05, 0) is 37.1 Å². The summed E-state index contributed by atoms with van der Waals surface area (Å²) in [4.78, 5) is 24.4. The number of carbonyl (C=O) groups excluding carboxylic acids is 2. The molecule has 3 rings (SSSR count). The number of halogens is 1. The lowest BCUT2D eigenvalue weighted by molar-refractivity contribution is 0.0445. The smallest absolute Gasteiger partial charge is 0.375 e. The van der Waals surface area contributed by atoms with E-state index in [2.05, 4.69) is 15.9 Å². The second-order valence-corrected chi connectivity index (χ2v) is 6.66. The first-order valence-electron chi connectivity index (χ1n) is 7.97. The summed E-state index contributed by atoms with van der Waals surface area (Å²) in [5, 5.41) is 0.836. The van der Waals surface area contributed by atoms with Gasteiger partial charge in [-0.3, -0.25) is 4.79 Å². The monoisotopic (exact) mass is 400 g/mol. The van der Waals surface area contributed by atoms with Crippen molar-refractivity contribution in [3.63, 3.8) is 0 Å². The molecule has 25 heavy (non-hydrogen) atoms. The molecule has 0 fully saturated rings. The van der Waals surface area contributed by atoms with Crippen molar-refractivity contribution in [3.05, 3.63) is 69.4 Å². The molecule has 5 heteroatoms. The summed E-state index contributed by atoms with van der Waals surface area (Å²) >= 11 is 3.40. The summed E-state index contributed by atoms with van der Waals surface area (Å²) in [5.74, 6) is -0.752. The van der Waals surface area contributed by atoms with E-state index in [1.807, 2.05) is 31.2 Å². The Morgan fingerprint density at radius 3 is 2.52 bits per heavy atom. The van der Waals surface area contributed by atoms with E-state index in [1.54, 1.807) is 25.1 Å². The molecule has 0 amide bonds. The summed E-state index contributed by atoms with van der Waals surface area (Å²) in [6, 6.07) is 12.8. The largest absolute Gasteiger partial charge is 0.451 e. The zero-order chi connectivity index (χ0) is 18.0. The van der Waals surface area contributed by atoms with Crippen LogP contribution in [0.1, 0.15) is 39.0 Å². The van der Waals surface area contributed by atoms with Crippen LogP contribution in [0.2, 0.25) is 0 Å². The standard InChI is InChI=1S/C20H17BrO4/c1-3-13-4-6-14(7-5-13)17(22)11-24-20(23)19-12(2)16-10-15(21)8-9-18(16)25-19/h4-10H,3,11H2,1-2H3. The third-order valence-corrected chi connectivity index (χ3v) is 4.60. The number of Topliss-reactive ketones (excluding diaryl/α,β-unsaturated/α-hetero) is 1. The van der Waals surface area contributed by atoms with Gasteiger partial charge in [0.2, 0.25) is 5.76 Å². The van der Waals surface area contributed by atoms with E-state index in [0.717, 1.165) is 21.8 Å². The normalized spacial score (nSPS) is 10.8. The third-order valence-electron chi connectivity index (χ3n) is 4.10. The van der Waals surface area contributed by atoms with Gasteiger partial charge in [-0.25, -0.2) is 4.79 Å². The molecule has 0 saturated carbocycles. The zero-order valence-corrected chi connectivity index (χ0v) is 15.6. The Bertz CT molecular complexity index is 938. The molecule has 0 atom stereocenters. The van der Waals surface area contributed by atoms with Crippen LogP contribution in [0.3, 0.4) is 0 Å². The van der Waals surface area contributed by atoms with Gasteiger partial charge in [0.1, 0.15) is 5.58 Å². The second kappa shape index (κ2) is 7.23. The van der Waals surface area contributed by atoms with Crippen LogP contribution in [0.5, 0.6) is 0 Å². The molecule has 4 nitrogen and oxygen atoms in total. The number of carbonyl (C=O) groups is 2. The molecule has 0 spiro atoms. The molecular weight excluding hydrogens is 384 g/mol. The van der Waals surface area contributed by atoms with Gasteiger partial charge in [0, 0.05) is 21.0 Å². The van der Waals surface area contributed by atoms with Gasteiger partial charge >= 0.3 is 5.97 Å². The van der Waals surface area contributed by atoms with Crippen molar-refractivity contribution in [3.8, 4) is 0 Å². The molecule has 0 aliphatic heterocycles. The maximum absolute atomic E-state index is 12.3. The van der Waals surface area contributed by atoms with Gasteiger partial charge in [0.05, 0.1) is 0 Å². The number of aryl methyl sites for hydroxylation is 2. The van der Waals surface area contributed by atoms with Gasteiger partial charge in [-0.2, -0.15) is 0 Å². The highest BCUT2D eigenvalue weighted by atomic mass is 79.9. The van der Waals surface area contributed by atoms with E-state index in [-0.39, 0.29) is 18.2 Å². The zero-order valence-electron chi connectivity index (χ0n) is 14.0. The van der Waals surface area contributed by atoms with Gasteiger partial charge < -0.3 is 9.15 Å². The van der Waals surface area contributed by atoms with Crippen molar-refractivity contribution in [2.24, 2.45) is 0 Å². The highest BCUT2D eigenvalue weighted by Gasteiger charge is 2.20. The van der Waals surface area contributed by atoms with E-state index >= 15 is 0 Å². The van der Waals surface area contributed by atoms with Crippen molar-refractivity contribution >= 4 is 38.7 Å². The molecule has 0 unspecified atom stereocenters. The minimum atomic E-state index is -0.636. The molecule has 0 aliphatic carbocycles. The summed E-state index contributed by atoms with van der Waals surface area (Å²) in [5.41, 5.74) is 2.98. The van der Waals surface area contributed by atoms with Crippen LogP contribution in [0.25, 0.3) is 11.0 Å². The summed E-state index contributed by atoms with van der Waals surface area (Å²) in [6.45, 7) is 3.53. The van der Waals surface area contributed by atoms with Crippen LogP contribution in [-0.4, -0.2) is 18.4 Å². The molecule has 128 valence electrons. The minimum absolute atomic E-state index is 0.127. The van der Waals surface area contributed by atoms with E-state index in [1.165, 1.54) is 0 Å². The molecule has 0 N–H and O–H groups in total. The molecule has 1 aromatic heterocycles. The van der Waals surface area contributed by atoms with E-state index in [0.29, 0.717) is 16.7 Å². The van der Waals surface area contributed by atoms with Crippen LogP contribution >= 0.6 is 15.9 Å². The van der Waals surface area contributed by atoms with E-state index in [9.17, 15) is 9.59 Å². The Labute approximate surface area is 153 Å². The molecule has 0 radical (unpaired) electrons. The number of furan rings is 1. The predicted molar refractivity (Wildman–Crippen MR) is 99.1 cm³/mol. The molecule has 0 aliphatic rings. The molecule has 2 aromatic carbocycles. The lowest BCUT2D eigenvalue weighted by Gasteiger charge is -2.04. The van der Waals surface area contributed by atoms with Gasteiger partial charge in [0.15, 0.2) is 12.4 Å². The number of hydrogen-bond donors (Lipinski definition) is 0. The average molecular weight is 401 g/mol. The minimum Gasteiger partial charge on any atom is -0.451 e. The fraction of sp³-hybridized carbons (Fsp3) is 0.200. The molecule has 0 bridgehead atoms. The van der Waals surface area contributed by atoms with Crippen LogP contribution in [0.4, 0.5) is 0 Å². The Morgan fingerprint density at radius 2 is 1.84 bits per heavy atom. The second-order valence-electron chi connectivity index (χ2n) is 5.75. The average Bonchev–Trinajstić information content (AvgIpc) is 2.96. The van der Waals surface area contributed by atoms with Crippen LogP contribution in [0, 0.1) is 6.92 Å². The van der Waals surface area contributed by atoms with Crippen LogP contribution in [-0.2, 0) is 11.2 Å². The summed E-state index contributed by atoms with van der Waals surface area (Å²) in [6.07, 6.45) is 0.908. The Balaban J connectivity index is 1.71. The molecular formula is C20H17BrO4. The van der Waals surface area contributed by atoms with Gasteiger partial charge in [0.25, 0.3) is 0 Å². The number of benzene rings is 2. The maximum Gasteiger partial charge on any atom is 0.375 e. The number of ketones is 1. The number of fused-ring (bicyclic) bond motifs is 1. The summed E-state index contributed by atoms with van der Waals surface area (Å²) < 4.78 is 11.6. The van der Waals surface area contributed by atoms with Crippen molar-refractivity contribution in [2.75, 3.05) is 6.61 Å². The Kier molecular flexibility index (Phi) is 5.04. The fourth-order valence-electron chi connectivity index (χ4n) is 2.59. The van der Waals surface area contributed by atoms with Crippen molar-refractivity contribution in [1.82, 2.24) is 0 Å². The predicted octanol–water partition coefficient (Wildman–Crippen LogP) is 5.11. The van der Waals surface area contributed by atoms with E-state index < -0.39 is 5.97 Å². The molecule has 0 saturated heterocycles. The Morgan fingerprint density at radius 1 is 1.12 bits per heavy atom. The van der Waals surface area contributed by atoms with Crippen LogP contribution < -0.4 is 0 Å². The first-order chi connectivity index (χ1) is 12.0. The number of hydrogen-bond acceptors (Lipinski definition) is 4. The highest BCUT2D eigenvalue weighted by molar-refractivity contribution is 9.10. The lowest BCUT2D eigenvalue weighted by atomic mass is 10.1. The fourth-order valence-corrected chi connectivity index (χ4v) is 2.96. The quantitative estimate of drug-likeness (QED) is 0.441.